The molecule has 17 heavy (non-hydrogen) atoms. The lowest BCUT2D eigenvalue weighted by Gasteiger charge is -2.18. The van der Waals surface area contributed by atoms with Crippen molar-refractivity contribution in [3.8, 4) is 10.6 Å². The average molecular weight is 250 g/mol. The maximum atomic E-state index is 9.89. The Hall–Kier alpha value is -1.27. The minimum absolute atomic E-state index is 0.596. The lowest BCUT2D eigenvalue weighted by Crippen LogP contribution is -2.23. The predicted octanol–water partition coefficient (Wildman–Crippen LogP) is 2.29. The van der Waals surface area contributed by atoms with Crippen LogP contribution < -0.4 is 0 Å². The van der Waals surface area contributed by atoms with Gasteiger partial charge >= 0.3 is 0 Å². The van der Waals surface area contributed by atoms with E-state index in [2.05, 4.69) is 4.98 Å². The molecule has 0 saturated heterocycles. The smallest absolute Gasteiger partial charge is 0.173 e. The monoisotopic (exact) mass is 250 g/mol. The number of benzene rings is 1. The van der Waals surface area contributed by atoms with Crippen LogP contribution in [0.1, 0.15) is 11.9 Å². The third kappa shape index (κ3) is 2.70. The van der Waals surface area contributed by atoms with Gasteiger partial charge in [-0.1, -0.05) is 30.3 Å². The van der Waals surface area contributed by atoms with E-state index in [1.165, 1.54) is 23.5 Å². The van der Waals surface area contributed by atoms with Gasteiger partial charge in [0, 0.05) is 18.0 Å². The molecule has 0 bridgehead atoms. The summed E-state index contributed by atoms with van der Waals surface area (Å²) in [4.78, 5) is 9.33. The molecule has 0 aliphatic heterocycles. The zero-order valence-corrected chi connectivity index (χ0v) is 10.5. The molecular weight excluding hydrogens is 236 g/mol. The SMILES string of the molecule is CON(C)C(O)c1csc(-c2ccccc2)n1. The van der Waals surface area contributed by atoms with E-state index in [4.69, 9.17) is 4.84 Å². The predicted molar refractivity (Wildman–Crippen MR) is 67.3 cm³/mol. The number of hydroxylamine groups is 2. The maximum absolute atomic E-state index is 9.89. The topological polar surface area (TPSA) is 45.6 Å². The molecule has 5 heteroatoms. The summed E-state index contributed by atoms with van der Waals surface area (Å²) in [5.74, 6) is 0. The number of hydrogen-bond donors (Lipinski definition) is 1. The average Bonchev–Trinajstić information content (AvgIpc) is 2.87. The third-order valence-corrected chi connectivity index (χ3v) is 3.35. The Bertz CT molecular complexity index is 472. The lowest BCUT2D eigenvalue weighted by atomic mass is 10.2. The Labute approximate surface area is 104 Å². The van der Waals surface area contributed by atoms with E-state index in [0.717, 1.165) is 10.6 Å². The van der Waals surface area contributed by atoms with Crippen molar-refractivity contribution < 1.29 is 9.94 Å². The maximum Gasteiger partial charge on any atom is 0.173 e. The highest BCUT2D eigenvalue weighted by atomic mass is 32.1. The number of aliphatic hydroxyl groups excluding tert-OH is 1. The van der Waals surface area contributed by atoms with Gasteiger partial charge in [0.15, 0.2) is 6.23 Å². The summed E-state index contributed by atoms with van der Waals surface area (Å²) >= 11 is 1.51. The van der Waals surface area contributed by atoms with E-state index in [9.17, 15) is 5.11 Å². The lowest BCUT2D eigenvalue weighted by molar-refractivity contribution is -0.207. The Morgan fingerprint density at radius 3 is 2.71 bits per heavy atom. The van der Waals surface area contributed by atoms with E-state index < -0.39 is 6.23 Å². The molecule has 0 spiro atoms. The second-order valence-corrected chi connectivity index (χ2v) is 4.40. The first-order chi connectivity index (χ1) is 8.22. The van der Waals surface area contributed by atoms with Gasteiger partial charge in [0.05, 0.1) is 12.8 Å². The summed E-state index contributed by atoms with van der Waals surface area (Å²) < 4.78 is 0. The highest BCUT2D eigenvalue weighted by molar-refractivity contribution is 7.13. The van der Waals surface area contributed by atoms with Crippen molar-refractivity contribution in [2.75, 3.05) is 14.2 Å². The van der Waals surface area contributed by atoms with Gasteiger partial charge in [0.2, 0.25) is 0 Å². The first-order valence-electron chi connectivity index (χ1n) is 5.18. The molecule has 1 heterocycles. The van der Waals surface area contributed by atoms with Gasteiger partial charge in [-0.25, -0.2) is 4.98 Å². The van der Waals surface area contributed by atoms with Gasteiger partial charge in [-0.05, 0) is 0 Å². The molecule has 90 valence electrons. The molecule has 2 rings (SSSR count). The Kier molecular flexibility index (Phi) is 3.86. The number of nitrogens with zero attached hydrogens (tertiary/aromatic N) is 2. The van der Waals surface area contributed by atoms with Crippen molar-refractivity contribution in [1.82, 2.24) is 10.0 Å². The number of aliphatic hydroxyl groups is 1. The van der Waals surface area contributed by atoms with Crippen molar-refractivity contribution in [3.05, 3.63) is 41.4 Å². The zero-order valence-electron chi connectivity index (χ0n) is 9.70. The molecule has 1 aromatic heterocycles. The van der Waals surface area contributed by atoms with Crippen molar-refractivity contribution in [3.63, 3.8) is 0 Å². The fourth-order valence-corrected chi connectivity index (χ4v) is 2.24. The second-order valence-electron chi connectivity index (χ2n) is 3.55. The van der Waals surface area contributed by atoms with E-state index in [1.54, 1.807) is 7.05 Å². The van der Waals surface area contributed by atoms with Gasteiger partial charge in [0.25, 0.3) is 0 Å². The van der Waals surface area contributed by atoms with Gasteiger partial charge in [-0.2, -0.15) is 5.06 Å². The van der Waals surface area contributed by atoms with Crippen LogP contribution in [0.3, 0.4) is 0 Å². The normalized spacial score (nSPS) is 12.9. The molecule has 0 aliphatic rings. The molecule has 1 atom stereocenters. The number of thiazole rings is 1. The van der Waals surface area contributed by atoms with Crippen LogP contribution in [0.5, 0.6) is 0 Å². The molecule has 0 fully saturated rings. The van der Waals surface area contributed by atoms with E-state index in [0.29, 0.717) is 5.69 Å². The zero-order chi connectivity index (χ0) is 12.3. The molecule has 2 aromatic rings. The number of hydrogen-bond acceptors (Lipinski definition) is 5. The van der Waals surface area contributed by atoms with Crippen molar-refractivity contribution >= 4 is 11.3 Å². The largest absolute Gasteiger partial charge is 0.371 e. The molecule has 1 N–H and O–H groups in total. The van der Waals surface area contributed by atoms with Crippen molar-refractivity contribution in [2.24, 2.45) is 0 Å². The van der Waals surface area contributed by atoms with E-state index in [1.807, 2.05) is 35.7 Å². The summed E-state index contributed by atoms with van der Waals surface area (Å²) in [6.45, 7) is 0. The Balaban J connectivity index is 2.22. The Morgan fingerprint density at radius 1 is 1.35 bits per heavy atom. The second kappa shape index (κ2) is 5.37. The third-order valence-electron chi connectivity index (χ3n) is 2.44. The first-order valence-corrected chi connectivity index (χ1v) is 6.06. The number of rotatable bonds is 4. The van der Waals surface area contributed by atoms with Crippen LogP contribution in [-0.2, 0) is 4.84 Å². The summed E-state index contributed by atoms with van der Waals surface area (Å²) in [6.07, 6.45) is -0.839. The summed E-state index contributed by atoms with van der Waals surface area (Å²) in [7, 11) is 3.17. The van der Waals surface area contributed by atoms with Crippen LogP contribution in [0.2, 0.25) is 0 Å². The fraction of sp³-hybridized carbons (Fsp3) is 0.250. The van der Waals surface area contributed by atoms with Crippen molar-refractivity contribution in [2.45, 2.75) is 6.23 Å². The van der Waals surface area contributed by atoms with E-state index in [-0.39, 0.29) is 0 Å². The molecule has 0 radical (unpaired) electrons. The standard InChI is InChI=1S/C12H14N2O2S/c1-14(16-2)12(15)10-8-17-11(13-10)9-6-4-3-5-7-9/h3-8,12,15H,1-2H3. The molecule has 1 unspecified atom stereocenters. The van der Waals surface area contributed by atoms with E-state index >= 15 is 0 Å². The molecule has 0 saturated carbocycles. The van der Waals surface area contributed by atoms with Crippen LogP contribution in [0.25, 0.3) is 10.6 Å². The summed E-state index contributed by atoms with van der Waals surface area (Å²) in [6, 6.07) is 9.89. The summed E-state index contributed by atoms with van der Waals surface area (Å²) in [5, 5.41) is 14.0. The highest BCUT2D eigenvalue weighted by Crippen LogP contribution is 2.26. The highest BCUT2D eigenvalue weighted by Gasteiger charge is 2.17. The minimum Gasteiger partial charge on any atom is -0.371 e. The van der Waals surface area contributed by atoms with Gasteiger partial charge in [0.1, 0.15) is 5.01 Å². The summed E-state index contributed by atoms with van der Waals surface area (Å²) in [5.41, 5.74) is 1.65. The van der Waals surface area contributed by atoms with Gasteiger partial charge in [-0.15, -0.1) is 11.3 Å². The van der Waals surface area contributed by atoms with Crippen LogP contribution in [-0.4, -0.2) is 29.3 Å². The van der Waals surface area contributed by atoms with Crippen LogP contribution in [0.4, 0.5) is 0 Å². The molecule has 4 nitrogen and oxygen atoms in total. The molecular formula is C12H14N2O2S. The van der Waals surface area contributed by atoms with Crippen LogP contribution >= 0.6 is 11.3 Å². The number of aromatic nitrogens is 1. The quantitative estimate of drug-likeness (QED) is 0.668. The minimum atomic E-state index is -0.839. The molecule has 0 amide bonds. The van der Waals surface area contributed by atoms with Crippen LogP contribution in [0, 0.1) is 0 Å². The first kappa shape index (κ1) is 12.2. The van der Waals surface area contributed by atoms with Crippen molar-refractivity contribution in [1.29, 1.82) is 0 Å². The van der Waals surface area contributed by atoms with Gasteiger partial charge in [-0.3, -0.25) is 4.84 Å². The van der Waals surface area contributed by atoms with Gasteiger partial charge < -0.3 is 5.11 Å². The van der Waals surface area contributed by atoms with Crippen LogP contribution in [0.15, 0.2) is 35.7 Å². The Morgan fingerprint density at radius 2 is 2.06 bits per heavy atom. The molecule has 0 aliphatic carbocycles. The molecule has 1 aromatic carbocycles. The fourth-order valence-electron chi connectivity index (χ4n) is 1.40.